The second kappa shape index (κ2) is 3.02. The molecule has 0 unspecified atom stereocenters. The zero-order chi connectivity index (χ0) is 10.1. The van der Waals surface area contributed by atoms with E-state index in [4.69, 9.17) is 5.73 Å². The molecule has 0 aliphatic heterocycles. The van der Waals surface area contributed by atoms with E-state index in [9.17, 15) is 4.79 Å². The minimum Gasteiger partial charge on any atom is -0.369 e. The number of aryl methyl sites for hydroxylation is 1. The molecule has 0 aliphatic carbocycles. The monoisotopic (exact) mass is 192 g/mol. The van der Waals surface area contributed by atoms with E-state index in [0.29, 0.717) is 12.2 Å². The topological polar surface area (TPSA) is 110 Å². The lowest BCUT2D eigenvalue weighted by molar-refractivity contribution is 0.867. The van der Waals surface area contributed by atoms with Crippen LogP contribution in [0.2, 0.25) is 0 Å². The highest BCUT2D eigenvalue weighted by molar-refractivity contribution is 5.68. The van der Waals surface area contributed by atoms with Gasteiger partial charge in [-0.3, -0.25) is 9.78 Å². The van der Waals surface area contributed by atoms with E-state index >= 15 is 0 Å². The molecule has 2 aromatic rings. The molecule has 0 saturated heterocycles. The number of aromatic amines is 1. The fourth-order valence-corrected chi connectivity index (χ4v) is 1.05. The molecule has 2 rings (SSSR count). The Morgan fingerprint density at radius 2 is 2.14 bits per heavy atom. The number of hydrogen-bond acceptors (Lipinski definition) is 6. The second-order valence-electron chi connectivity index (χ2n) is 2.70. The fourth-order valence-electron chi connectivity index (χ4n) is 1.05. The maximum atomic E-state index is 11.4. The summed E-state index contributed by atoms with van der Waals surface area (Å²) < 4.78 is 0. The molecule has 0 atom stereocenters. The summed E-state index contributed by atoms with van der Waals surface area (Å²) in [5.74, 6) is 0.525. The van der Waals surface area contributed by atoms with Gasteiger partial charge in [0.25, 0.3) is 5.56 Å². The molecule has 3 N–H and O–H groups in total. The highest BCUT2D eigenvalue weighted by Gasteiger charge is 2.06. The first-order valence-electron chi connectivity index (χ1n) is 4.10. The molecule has 0 fully saturated rings. The lowest BCUT2D eigenvalue weighted by Gasteiger charge is -1.97. The van der Waals surface area contributed by atoms with Gasteiger partial charge in [-0.2, -0.15) is 4.98 Å². The Morgan fingerprint density at radius 1 is 1.36 bits per heavy atom. The first-order valence-corrected chi connectivity index (χ1v) is 4.10. The minimum atomic E-state index is -0.392. The van der Waals surface area contributed by atoms with Crippen LogP contribution in [0, 0.1) is 0 Å². The normalized spacial score (nSPS) is 10.6. The zero-order valence-electron chi connectivity index (χ0n) is 7.48. The Kier molecular flexibility index (Phi) is 1.84. The largest absolute Gasteiger partial charge is 0.369 e. The zero-order valence-corrected chi connectivity index (χ0v) is 7.48. The van der Waals surface area contributed by atoms with Crippen LogP contribution < -0.4 is 11.3 Å². The lowest BCUT2D eigenvalue weighted by Crippen LogP contribution is -2.15. The number of anilines is 1. The lowest BCUT2D eigenvalue weighted by atomic mass is 10.4. The van der Waals surface area contributed by atoms with Crippen LogP contribution in [-0.2, 0) is 6.42 Å². The van der Waals surface area contributed by atoms with Crippen molar-refractivity contribution in [3.8, 4) is 0 Å². The Balaban J connectivity index is 2.82. The predicted octanol–water partition coefficient (Wildman–Crippen LogP) is -0.747. The molecule has 0 saturated carbocycles. The van der Waals surface area contributed by atoms with Crippen molar-refractivity contribution in [2.45, 2.75) is 13.3 Å². The van der Waals surface area contributed by atoms with Gasteiger partial charge in [0.1, 0.15) is 0 Å². The average Bonchev–Trinajstić information content (AvgIpc) is 2.17. The Labute approximate surface area is 78.4 Å². The maximum absolute atomic E-state index is 11.4. The molecule has 14 heavy (non-hydrogen) atoms. The van der Waals surface area contributed by atoms with E-state index in [2.05, 4.69) is 25.1 Å². The van der Waals surface area contributed by atoms with E-state index in [1.165, 1.54) is 0 Å². The molecule has 72 valence electrons. The van der Waals surface area contributed by atoms with Gasteiger partial charge in [-0.05, 0) is 0 Å². The number of hydrogen-bond donors (Lipinski definition) is 2. The Bertz CT molecular complexity index is 533. The van der Waals surface area contributed by atoms with Crippen LogP contribution in [0.15, 0.2) is 4.79 Å². The summed E-state index contributed by atoms with van der Waals surface area (Å²) in [6, 6.07) is 0. The van der Waals surface area contributed by atoms with Crippen LogP contribution in [0.4, 0.5) is 5.95 Å². The molecular formula is C7H8N6O. The fraction of sp³-hybridized carbons (Fsp3) is 0.286. The third-order valence-electron chi connectivity index (χ3n) is 1.71. The highest BCUT2D eigenvalue weighted by atomic mass is 16.1. The van der Waals surface area contributed by atoms with Crippen LogP contribution in [-0.4, -0.2) is 25.1 Å². The van der Waals surface area contributed by atoms with Gasteiger partial charge in [-0.25, -0.2) is 4.98 Å². The number of aromatic nitrogens is 5. The van der Waals surface area contributed by atoms with Crippen molar-refractivity contribution in [2.75, 3.05) is 5.73 Å². The summed E-state index contributed by atoms with van der Waals surface area (Å²) in [4.78, 5) is 21.5. The maximum Gasteiger partial charge on any atom is 0.280 e. The Morgan fingerprint density at radius 3 is 2.86 bits per heavy atom. The third-order valence-corrected chi connectivity index (χ3v) is 1.71. The number of fused-ring (bicyclic) bond motifs is 1. The van der Waals surface area contributed by atoms with Crippen molar-refractivity contribution in [3.05, 3.63) is 16.2 Å². The van der Waals surface area contributed by atoms with Gasteiger partial charge in [-0.15, -0.1) is 10.2 Å². The quantitative estimate of drug-likeness (QED) is 0.615. The molecule has 0 bridgehead atoms. The van der Waals surface area contributed by atoms with Crippen molar-refractivity contribution >= 4 is 17.1 Å². The number of nitrogens with zero attached hydrogens (tertiary/aromatic N) is 4. The molecule has 7 nitrogen and oxygen atoms in total. The molecule has 0 amide bonds. The number of nitrogens with one attached hydrogen (secondary N) is 1. The molecule has 2 aromatic heterocycles. The van der Waals surface area contributed by atoms with Crippen molar-refractivity contribution < 1.29 is 0 Å². The number of nitrogen functional groups attached to an aromatic ring is 1. The van der Waals surface area contributed by atoms with Crippen LogP contribution >= 0.6 is 0 Å². The molecular weight excluding hydrogens is 184 g/mol. The van der Waals surface area contributed by atoms with E-state index in [1.807, 2.05) is 6.92 Å². The molecule has 0 spiro atoms. The summed E-state index contributed by atoms with van der Waals surface area (Å²) in [6.45, 7) is 1.88. The van der Waals surface area contributed by atoms with E-state index < -0.39 is 5.56 Å². The summed E-state index contributed by atoms with van der Waals surface area (Å²) >= 11 is 0. The van der Waals surface area contributed by atoms with Crippen LogP contribution in [0.3, 0.4) is 0 Å². The first kappa shape index (κ1) is 8.54. The summed E-state index contributed by atoms with van der Waals surface area (Å²) in [5.41, 5.74) is 5.28. The predicted molar refractivity (Wildman–Crippen MR) is 49.5 cm³/mol. The number of rotatable bonds is 1. The number of nitrogens with two attached hydrogens (primary N) is 1. The number of H-pyrrole nitrogens is 1. The van der Waals surface area contributed by atoms with Gasteiger partial charge in [0, 0.05) is 6.42 Å². The van der Waals surface area contributed by atoms with Gasteiger partial charge in [-0.1, -0.05) is 6.92 Å². The van der Waals surface area contributed by atoms with Crippen LogP contribution in [0.1, 0.15) is 12.7 Å². The molecule has 0 aliphatic rings. The van der Waals surface area contributed by atoms with E-state index in [1.54, 1.807) is 0 Å². The van der Waals surface area contributed by atoms with Gasteiger partial charge in [0.2, 0.25) is 11.6 Å². The van der Waals surface area contributed by atoms with Gasteiger partial charge in [0.05, 0.1) is 0 Å². The van der Waals surface area contributed by atoms with E-state index in [-0.39, 0.29) is 17.1 Å². The Hall–Kier alpha value is -2.05. The standard InChI is InChI=1S/C7H8N6O/c1-2-3-9-4-5(13-12-3)10-7(8)11-6(4)14/h2H2,1H3,(H3,8,10,11,13,14). The molecule has 0 aromatic carbocycles. The third kappa shape index (κ3) is 1.28. The summed E-state index contributed by atoms with van der Waals surface area (Å²) in [7, 11) is 0. The van der Waals surface area contributed by atoms with Gasteiger partial charge < -0.3 is 5.73 Å². The molecule has 0 radical (unpaired) electrons. The van der Waals surface area contributed by atoms with Crippen LogP contribution in [0.25, 0.3) is 11.2 Å². The van der Waals surface area contributed by atoms with Gasteiger partial charge >= 0.3 is 0 Å². The van der Waals surface area contributed by atoms with Crippen molar-refractivity contribution in [1.82, 2.24) is 25.1 Å². The van der Waals surface area contributed by atoms with Crippen molar-refractivity contribution in [3.63, 3.8) is 0 Å². The second-order valence-corrected chi connectivity index (χ2v) is 2.70. The molecule has 2 heterocycles. The smallest absolute Gasteiger partial charge is 0.280 e. The van der Waals surface area contributed by atoms with Crippen LogP contribution in [0.5, 0.6) is 0 Å². The average molecular weight is 192 g/mol. The molecule has 7 heteroatoms. The summed E-state index contributed by atoms with van der Waals surface area (Å²) in [5, 5.41) is 7.53. The van der Waals surface area contributed by atoms with E-state index in [0.717, 1.165) is 0 Å². The van der Waals surface area contributed by atoms with Crippen molar-refractivity contribution in [2.24, 2.45) is 0 Å². The first-order chi connectivity index (χ1) is 6.70. The minimum absolute atomic E-state index is 0.0165. The summed E-state index contributed by atoms with van der Waals surface area (Å²) in [6.07, 6.45) is 0.618. The highest BCUT2D eigenvalue weighted by Crippen LogP contribution is 2.00. The SMILES string of the molecule is CCc1nnc2nc(N)[nH]c(=O)c2n1. The van der Waals surface area contributed by atoms with Crippen molar-refractivity contribution in [1.29, 1.82) is 0 Å². The van der Waals surface area contributed by atoms with Gasteiger partial charge in [0.15, 0.2) is 11.3 Å².